The van der Waals surface area contributed by atoms with Crippen LogP contribution in [0.25, 0.3) is 6.08 Å². The molecule has 2 N–H and O–H groups in total. The first-order chi connectivity index (χ1) is 10.3. The van der Waals surface area contributed by atoms with Crippen molar-refractivity contribution in [1.82, 2.24) is 0 Å². The fourth-order valence-electron chi connectivity index (χ4n) is 2.16. The second-order valence-corrected chi connectivity index (χ2v) is 7.06. The van der Waals surface area contributed by atoms with Crippen molar-refractivity contribution in [2.75, 3.05) is 4.72 Å². The highest BCUT2D eigenvalue weighted by Crippen LogP contribution is 2.25. The third kappa shape index (κ3) is 2.75. The van der Waals surface area contributed by atoms with Crippen LogP contribution in [0.4, 0.5) is 5.69 Å². The highest BCUT2D eigenvalue weighted by molar-refractivity contribution is 7.92. The van der Waals surface area contributed by atoms with E-state index in [1.165, 1.54) is 18.2 Å². The summed E-state index contributed by atoms with van der Waals surface area (Å²) in [5.41, 5.74) is 1.25. The Balaban J connectivity index is 2.01. The van der Waals surface area contributed by atoms with Crippen LogP contribution >= 0.6 is 11.6 Å². The quantitative estimate of drug-likeness (QED) is 0.791. The summed E-state index contributed by atoms with van der Waals surface area (Å²) in [5, 5.41) is 1.47. The Hall–Kier alpha value is -2.18. The first kappa shape index (κ1) is 14.7. The Labute approximate surface area is 132 Å². The number of aryl methyl sites for hydroxylation is 1. The predicted molar refractivity (Wildman–Crippen MR) is 82.2 cm³/mol. The monoisotopic (exact) mass is 335 g/mol. The van der Waals surface area contributed by atoms with E-state index in [2.05, 4.69) is 9.71 Å². The molecule has 2 aromatic rings. The van der Waals surface area contributed by atoms with Gasteiger partial charge in [-0.1, -0.05) is 17.7 Å². The smallest absolute Gasteiger partial charge is 0.278 e. The van der Waals surface area contributed by atoms with Crippen LogP contribution in [0, 0.1) is 6.92 Å². The molecule has 7 heteroatoms. The second-order valence-electron chi connectivity index (χ2n) is 4.97. The van der Waals surface area contributed by atoms with E-state index in [1.807, 2.05) is 6.92 Å². The first-order valence-electron chi connectivity index (χ1n) is 6.44. The Morgan fingerprint density at radius 3 is 2.64 bits per heavy atom. The fourth-order valence-corrected chi connectivity index (χ4v) is 3.61. The van der Waals surface area contributed by atoms with E-state index in [0.717, 1.165) is 5.56 Å². The van der Waals surface area contributed by atoms with Crippen molar-refractivity contribution < 1.29 is 18.2 Å². The fraction of sp³-hybridized carbons (Fsp3) is 0.0667. The molecule has 0 aromatic heterocycles. The van der Waals surface area contributed by atoms with Crippen molar-refractivity contribution in [1.29, 1.82) is 0 Å². The molecule has 0 unspecified atom stereocenters. The number of fused-ring (bicyclic) bond motifs is 1. The molecule has 0 radical (unpaired) electrons. The van der Waals surface area contributed by atoms with Gasteiger partial charge in [-0.25, -0.2) is 13.2 Å². The standard InChI is InChI=1S/C15H11ClN2O3S/c1-9-2-4-14(12(16)6-9)18-22(20,21)11-3-5-13-10(7-11)8-15(19)17-13/h2-8,18H,1H3/p+1. The highest BCUT2D eigenvalue weighted by Gasteiger charge is 2.19. The summed E-state index contributed by atoms with van der Waals surface area (Å²) >= 11 is 6.05. The molecule has 1 amide bonds. The number of halogens is 1. The summed E-state index contributed by atoms with van der Waals surface area (Å²) in [6.45, 7) is 1.87. The van der Waals surface area contributed by atoms with Gasteiger partial charge in [0, 0.05) is 6.07 Å². The predicted octanol–water partition coefficient (Wildman–Crippen LogP) is -0.530. The van der Waals surface area contributed by atoms with Crippen LogP contribution in [-0.4, -0.2) is 14.3 Å². The average Bonchev–Trinajstić information content (AvgIpc) is 2.81. The molecule has 3 rings (SSSR count). The summed E-state index contributed by atoms with van der Waals surface area (Å²) in [6, 6.07) is 9.49. The Morgan fingerprint density at radius 1 is 1.14 bits per heavy atom. The molecule has 2 aromatic carbocycles. The number of hydrogen-bond acceptors (Lipinski definition) is 3. The summed E-state index contributed by atoms with van der Waals surface area (Å²) in [4.78, 5) is 14.0. The van der Waals surface area contributed by atoms with Crippen LogP contribution in [0.3, 0.4) is 0 Å². The molecule has 1 aliphatic heterocycles. The lowest BCUT2D eigenvalue weighted by molar-refractivity contribution is -0.406. The van der Waals surface area contributed by atoms with Gasteiger partial charge in [0.25, 0.3) is 10.0 Å². The zero-order chi connectivity index (χ0) is 15.9. The molecule has 22 heavy (non-hydrogen) atoms. The van der Waals surface area contributed by atoms with Gasteiger partial charge in [-0.3, -0.25) is 4.72 Å². The van der Waals surface area contributed by atoms with Crippen molar-refractivity contribution >= 4 is 39.3 Å². The van der Waals surface area contributed by atoms with Gasteiger partial charge in [-0.15, -0.1) is 0 Å². The number of carbonyl (C=O) groups is 1. The number of carbonyl (C=O) groups excluding carboxylic acids is 1. The van der Waals surface area contributed by atoms with E-state index < -0.39 is 10.0 Å². The molecule has 1 heterocycles. The number of nitrogens with one attached hydrogen (secondary N) is 2. The van der Waals surface area contributed by atoms with E-state index in [0.29, 0.717) is 21.3 Å². The van der Waals surface area contributed by atoms with Gasteiger partial charge in [0.15, 0.2) is 0 Å². The van der Waals surface area contributed by atoms with Gasteiger partial charge < -0.3 is 0 Å². The Kier molecular flexibility index (Phi) is 3.50. The van der Waals surface area contributed by atoms with Gasteiger partial charge in [-0.2, -0.15) is 4.99 Å². The summed E-state index contributed by atoms with van der Waals surface area (Å²) in [7, 11) is -3.78. The van der Waals surface area contributed by atoms with Gasteiger partial charge >= 0.3 is 5.91 Å². The molecular formula is C15H12ClN2O3S+. The minimum Gasteiger partial charge on any atom is -0.278 e. The molecule has 0 atom stereocenters. The third-order valence-corrected chi connectivity index (χ3v) is 4.92. The molecule has 0 spiro atoms. The van der Waals surface area contributed by atoms with Crippen LogP contribution in [-0.2, 0) is 14.8 Å². The Bertz CT molecular complexity index is 1010. The van der Waals surface area contributed by atoms with Crippen LogP contribution in [0.15, 0.2) is 41.3 Å². The van der Waals surface area contributed by atoms with Crippen LogP contribution in [0.5, 0.6) is 0 Å². The zero-order valence-corrected chi connectivity index (χ0v) is 13.1. The molecule has 112 valence electrons. The number of rotatable bonds is 3. The topological polar surface area (TPSA) is 77.2 Å². The first-order valence-corrected chi connectivity index (χ1v) is 8.30. The maximum absolute atomic E-state index is 12.4. The van der Waals surface area contributed by atoms with E-state index in [-0.39, 0.29) is 10.8 Å². The molecule has 1 aliphatic rings. The number of sulfonamides is 1. The molecule has 5 nitrogen and oxygen atoms in total. The summed E-state index contributed by atoms with van der Waals surface area (Å²) in [5.74, 6) is -0.265. The normalized spacial score (nSPS) is 13.3. The average molecular weight is 336 g/mol. The summed E-state index contributed by atoms with van der Waals surface area (Å²) < 4.78 is 27.3. The van der Waals surface area contributed by atoms with E-state index in [9.17, 15) is 13.2 Å². The van der Waals surface area contributed by atoms with Crippen molar-refractivity contribution in [2.24, 2.45) is 0 Å². The third-order valence-electron chi connectivity index (χ3n) is 3.25. The van der Waals surface area contributed by atoms with Crippen molar-refractivity contribution in [3.8, 4) is 0 Å². The van der Waals surface area contributed by atoms with Gasteiger partial charge in [0.1, 0.15) is 0 Å². The van der Waals surface area contributed by atoms with Crippen LogP contribution in [0.2, 0.25) is 5.02 Å². The van der Waals surface area contributed by atoms with E-state index in [4.69, 9.17) is 11.6 Å². The number of amides is 1. The van der Waals surface area contributed by atoms with Crippen LogP contribution in [0.1, 0.15) is 5.56 Å². The maximum atomic E-state index is 12.4. The van der Waals surface area contributed by atoms with Crippen LogP contribution < -0.4 is 20.3 Å². The van der Waals surface area contributed by atoms with Crippen molar-refractivity contribution in [3.63, 3.8) is 0 Å². The minimum absolute atomic E-state index is 0.0654. The van der Waals surface area contributed by atoms with Crippen molar-refractivity contribution in [2.45, 2.75) is 11.8 Å². The second kappa shape index (κ2) is 5.23. The number of hydrogen-bond donors (Lipinski definition) is 2. The number of anilines is 1. The van der Waals surface area contributed by atoms with Gasteiger partial charge in [0.05, 0.1) is 26.9 Å². The molecule has 0 bridgehead atoms. The lowest BCUT2D eigenvalue weighted by atomic mass is 10.2. The molecule has 0 fully saturated rings. The van der Waals surface area contributed by atoms with E-state index >= 15 is 0 Å². The van der Waals surface area contributed by atoms with E-state index in [1.54, 1.807) is 24.3 Å². The molecule has 0 saturated carbocycles. The lowest BCUT2D eigenvalue weighted by Crippen LogP contribution is -2.79. The SMILES string of the molecule is Cc1ccc(NS(=O)(=O)c2ccc3c(c2)=CC(=O)[NH+]=3)c(Cl)c1. The molecule has 0 aliphatic carbocycles. The summed E-state index contributed by atoms with van der Waals surface area (Å²) in [6.07, 6.45) is 1.35. The zero-order valence-electron chi connectivity index (χ0n) is 11.6. The van der Waals surface area contributed by atoms with Gasteiger partial charge in [0.2, 0.25) is 5.36 Å². The number of benzene rings is 2. The van der Waals surface area contributed by atoms with Crippen molar-refractivity contribution in [3.05, 3.63) is 57.6 Å². The highest BCUT2D eigenvalue weighted by atomic mass is 35.5. The van der Waals surface area contributed by atoms with Gasteiger partial charge in [-0.05, 0) is 36.8 Å². The minimum atomic E-state index is -3.78. The Morgan fingerprint density at radius 2 is 1.91 bits per heavy atom. The maximum Gasteiger partial charge on any atom is 0.411 e. The molecular weight excluding hydrogens is 324 g/mol. The largest absolute Gasteiger partial charge is 0.411 e. The molecule has 0 saturated heterocycles. The lowest BCUT2D eigenvalue weighted by Gasteiger charge is -2.09.